The molecular weight excluding hydrogens is 250 g/mol. The Morgan fingerprint density at radius 1 is 1.58 bits per heavy atom. The number of methoxy groups -OCH3 is 1. The van der Waals surface area contributed by atoms with E-state index in [9.17, 15) is 14.9 Å². The number of nitro groups is 1. The number of anilines is 1. The molecule has 1 unspecified atom stereocenters. The molecule has 0 spiro atoms. The van der Waals surface area contributed by atoms with Crippen LogP contribution in [0.15, 0.2) is 12.1 Å². The van der Waals surface area contributed by atoms with E-state index < -0.39 is 4.92 Å². The summed E-state index contributed by atoms with van der Waals surface area (Å²) in [6, 6.07) is 2.65. The molecule has 2 rings (SSSR count). The van der Waals surface area contributed by atoms with Crippen LogP contribution >= 0.6 is 0 Å². The van der Waals surface area contributed by atoms with Crippen LogP contribution < -0.4 is 4.90 Å². The van der Waals surface area contributed by atoms with Crippen molar-refractivity contribution < 1.29 is 14.5 Å². The molecule has 1 saturated heterocycles. The van der Waals surface area contributed by atoms with E-state index in [1.807, 2.05) is 4.90 Å². The van der Waals surface area contributed by atoms with Gasteiger partial charge in [0.25, 0.3) is 5.69 Å². The third-order valence-corrected chi connectivity index (χ3v) is 3.26. The number of aryl methyl sites for hydroxylation is 1. The van der Waals surface area contributed by atoms with Gasteiger partial charge in [-0.25, -0.2) is 9.78 Å². The number of carbonyl (C=O) groups excluding carboxylic acids is 1. The van der Waals surface area contributed by atoms with E-state index in [4.69, 9.17) is 4.74 Å². The molecule has 0 amide bonds. The molecule has 1 aliphatic rings. The minimum atomic E-state index is -0.464. The van der Waals surface area contributed by atoms with Crippen molar-refractivity contribution in [1.29, 1.82) is 0 Å². The van der Waals surface area contributed by atoms with Crippen molar-refractivity contribution in [3.63, 3.8) is 0 Å². The lowest BCUT2D eigenvalue weighted by molar-refractivity contribution is -0.385. The zero-order valence-electron chi connectivity index (χ0n) is 10.8. The molecule has 1 aliphatic heterocycles. The first-order valence-corrected chi connectivity index (χ1v) is 6.01. The smallest absolute Gasteiger partial charge is 0.328 e. The minimum Gasteiger partial charge on any atom is -0.467 e. The summed E-state index contributed by atoms with van der Waals surface area (Å²) in [6.45, 7) is 2.29. The number of ether oxygens (including phenoxy) is 1. The van der Waals surface area contributed by atoms with E-state index in [0.717, 1.165) is 6.42 Å². The van der Waals surface area contributed by atoms with Crippen molar-refractivity contribution in [2.45, 2.75) is 25.8 Å². The predicted octanol–water partition coefficient (Wildman–Crippen LogP) is 1.44. The van der Waals surface area contributed by atoms with E-state index in [1.54, 1.807) is 13.0 Å². The first kappa shape index (κ1) is 13.3. The quantitative estimate of drug-likeness (QED) is 0.467. The van der Waals surface area contributed by atoms with E-state index in [2.05, 4.69) is 4.98 Å². The highest BCUT2D eigenvalue weighted by Gasteiger charge is 2.32. The molecule has 19 heavy (non-hydrogen) atoms. The highest BCUT2D eigenvalue weighted by atomic mass is 16.6. The molecule has 0 aromatic carbocycles. The number of carbonyl (C=O) groups is 1. The fraction of sp³-hybridized carbons (Fsp3) is 0.500. The number of hydrogen-bond donors (Lipinski definition) is 0. The second kappa shape index (κ2) is 5.21. The van der Waals surface area contributed by atoms with Crippen LogP contribution in [0.5, 0.6) is 0 Å². The standard InChI is InChI=1S/C12H15N3O4/c1-8-9(15(17)18)5-6-11(13-8)14-7-3-4-10(14)12(16)19-2/h5-6,10H,3-4,7H2,1-2H3. The lowest BCUT2D eigenvalue weighted by atomic mass is 10.2. The van der Waals surface area contributed by atoms with Crippen molar-refractivity contribution in [1.82, 2.24) is 4.98 Å². The van der Waals surface area contributed by atoms with E-state index >= 15 is 0 Å². The molecule has 0 saturated carbocycles. The zero-order chi connectivity index (χ0) is 14.0. The molecule has 0 aliphatic carbocycles. The van der Waals surface area contributed by atoms with Crippen LogP contribution in [0.3, 0.4) is 0 Å². The largest absolute Gasteiger partial charge is 0.467 e. The number of nitrogens with zero attached hydrogens (tertiary/aromatic N) is 3. The van der Waals surface area contributed by atoms with Gasteiger partial charge in [0.1, 0.15) is 17.6 Å². The molecule has 1 aromatic rings. The number of aromatic nitrogens is 1. The molecule has 7 heteroatoms. The van der Waals surface area contributed by atoms with E-state index in [1.165, 1.54) is 13.2 Å². The van der Waals surface area contributed by atoms with Crippen molar-refractivity contribution in [2.24, 2.45) is 0 Å². The summed E-state index contributed by atoms with van der Waals surface area (Å²) in [5, 5.41) is 10.8. The summed E-state index contributed by atoms with van der Waals surface area (Å²) in [5.41, 5.74) is 0.329. The predicted molar refractivity (Wildman–Crippen MR) is 68.0 cm³/mol. The lowest BCUT2D eigenvalue weighted by Crippen LogP contribution is -2.37. The highest BCUT2D eigenvalue weighted by molar-refractivity contribution is 5.80. The van der Waals surface area contributed by atoms with E-state index in [0.29, 0.717) is 24.5 Å². The lowest BCUT2D eigenvalue weighted by Gasteiger charge is -2.23. The maximum absolute atomic E-state index is 11.7. The fourth-order valence-electron chi connectivity index (χ4n) is 2.32. The van der Waals surface area contributed by atoms with Gasteiger partial charge in [-0.2, -0.15) is 0 Å². The van der Waals surface area contributed by atoms with Crippen molar-refractivity contribution in [3.05, 3.63) is 27.9 Å². The van der Waals surface area contributed by atoms with Gasteiger partial charge >= 0.3 is 5.97 Å². The summed E-state index contributed by atoms with van der Waals surface area (Å²) in [4.78, 5) is 28.0. The van der Waals surface area contributed by atoms with Gasteiger partial charge in [0, 0.05) is 12.6 Å². The van der Waals surface area contributed by atoms with Gasteiger partial charge in [0.05, 0.1) is 12.0 Å². The Bertz CT molecular complexity index is 518. The van der Waals surface area contributed by atoms with Crippen molar-refractivity contribution >= 4 is 17.5 Å². The molecule has 2 heterocycles. The van der Waals surface area contributed by atoms with Gasteiger partial charge in [0.15, 0.2) is 0 Å². The summed E-state index contributed by atoms with van der Waals surface area (Å²) in [7, 11) is 1.35. The Labute approximate surface area is 110 Å². The van der Waals surface area contributed by atoms with Crippen LogP contribution in [-0.4, -0.2) is 35.6 Å². The molecule has 1 atom stereocenters. The Kier molecular flexibility index (Phi) is 3.64. The first-order valence-electron chi connectivity index (χ1n) is 6.01. The highest BCUT2D eigenvalue weighted by Crippen LogP contribution is 2.27. The molecule has 7 nitrogen and oxygen atoms in total. The topological polar surface area (TPSA) is 85.6 Å². The fourth-order valence-corrected chi connectivity index (χ4v) is 2.32. The summed E-state index contributed by atoms with van der Waals surface area (Å²) in [6.07, 6.45) is 1.59. The zero-order valence-corrected chi connectivity index (χ0v) is 10.8. The first-order chi connectivity index (χ1) is 9.04. The van der Waals surface area contributed by atoms with Gasteiger partial charge in [0.2, 0.25) is 0 Å². The van der Waals surface area contributed by atoms with Gasteiger partial charge in [-0.1, -0.05) is 0 Å². The Morgan fingerprint density at radius 2 is 2.32 bits per heavy atom. The van der Waals surface area contributed by atoms with Gasteiger partial charge in [-0.05, 0) is 25.8 Å². The Balaban J connectivity index is 2.29. The SMILES string of the molecule is COC(=O)C1CCCN1c1ccc([N+](=O)[O-])c(C)n1. The summed E-state index contributed by atoms with van der Waals surface area (Å²) in [5.74, 6) is 0.284. The van der Waals surface area contributed by atoms with Crippen molar-refractivity contribution in [2.75, 3.05) is 18.6 Å². The molecule has 0 bridgehead atoms. The van der Waals surface area contributed by atoms with E-state index in [-0.39, 0.29) is 17.7 Å². The molecule has 102 valence electrons. The molecule has 0 radical (unpaired) electrons. The number of rotatable bonds is 3. The van der Waals surface area contributed by atoms with Crippen LogP contribution in [0.2, 0.25) is 0 Å². The summed E-state index contributed by atoms with van der Waals surface area (Å²) < 4.78 is 4.76. The van der Waals surface area contributed by atoms with Crippen LogP contribution in [-0.2, 0) is 9.53 Å². The third-order valence-electron chi connectivity index (χ3n) is 3.26. The van der Waals surface area contributed by atoms with Crippen LogP contribution in [0.1, 0.15) is 18.5 Å². The number of esters is 1. The van der Waals surface area contributed by atoms with Gasteiger partial charge < -0.3 is 9.64 Å². The molecule has 0 N–H and O–H groups in total. The Hall–Kier alpha value is -2.18. The van der Waals surface area contributed by atoms with Crippen LogP contribution in [0.4, 0.5) is 11.5 Å². The maximum atomic E-state index is 11.7. The molecular formula is C12H15N3O4. The molecule has 1 aromatic heterocycles. The second-order valence-corrected chi connectivity index (χ2v) is 4.41. The van der Waals surface area contributed by atoms with Gasteiger partial charge in [-0.3, -0.25) is 10.1 Å². The van der Waals surface area contributed by atoms with Crippen molar-refractivity contribution in [3.8, 4) is 0 Å². The molecule has 1 fully saturated rings. The maximum Gasteiger partial charge on any atom is 0.328 e. The van der Waals surface area contributed by atoms with Gasteiger partial charge in [-0.15, -0.1) is 0 Å². The summed E-state index contributed by atoms with van der Waals surface area (Å²) >= 11 is 0. The average molecular weight is 265 g/mol. The number of hydrogen-bond acceptors (Lipinski definition) is 6. The van der Waals surface area contributed by atoms with Crippen LogP contribution in [0.25, 0.3) is 0 Å². The average Bonchev–Trinajstić information content (AvgIpc) is 2.86. The Morgan fingerprint density at radius 3 is 2.89 bits per heavy atom. The number of pyridine rings is 1. The second-order valence-electron chi connectivity index (χ2n) is 4.41. The minimum absolute atomic E-state index is 0.0161. The van der Waals surface area contributed by atoms with Crippen LogP contribution in [0, 0.1) is 17.0 Å². The monoisotopic (exact) mass is 265 g/mol. The third kappa shape index (κ3) is 2.49. The normalized spacial score (nSPS) is 18.4.